The van der Waals surface area contributed by atoms with Crippen molar-refractivity contribution in [1.29, 1.82) is 0 Å². The minimum Gasteiger partial charge on any atom is -0.382 e. The average Bonchev–Trinajstić information content (AvgIpc) is 2.97. The van der Waals surface area contributed by atoms with Gasteiger partial charge in [-0.3, -0.25) is 4.99 Å². The molecule has 1 saturated carbocycles. The molecule has 4 heteroatoms. The summed E-state index contributed by atoms with van der Waals surface area (Å²) in [6.45, 7) is 6.93. The molecule has 0 saturated heterocycles. The predicted molar refractivity (Wildman–Crippen MR) is 67.8 cm³/mol. The van der Waals surface area contributed by atoms with Crippen LogP contribution >= 0.6 is 0 Å². The summed E-state index contributed by atoms with van der Waals surface area (Å²) in [6.07, 6.45) is 3.50. The third-order valence-corrected chi connectivity index (χ3v) is 2.87. The summed E-state index contributed by atoms with van der Waals surface area (Å²) in [5.74, 6) is 1.74. The summed E-state index contributed by atoms with van der Waals surface area (Å²) < 4.78 is 5.28. The molecule has 94 valence electrons. The van der Waals surface area contributed by atoms with Gasteiger partial charge in [-0.1, -0.05) is 6.92 Å². The molecule has 0 aromatic rings. The van der Waals surface area contributed by atoms with Gasteiger partial charge in [-0.2, -0.15) is 0 Å². The summed E-state index contributed by atoms with van der Waals surface area (Å²) in [6, 6.07) is 0.634. The highest BCUT2D eigenvalue weighted by Crippen LogP contribution is 2.28. The predicted octanol–water partition coefficient (Wildman–Crippen LogP) is 1.38. The molecule has 1 aliphatic carbocycles. The van der Waals surface area contributed by atoms with Crippen LogP contribution in [0, 0.1) is 5.92 Å². The lowest BCUT2D eigenvalue weighted by molar-refractivity contribution is 0.143. The van der Waals surface area contributed by atoms with Gasteiger partial charge in [-0.15, -0.1) is 0 Å². The van der Waals surface area contributed by atoms with Gasteiger partial charge < -0.3 is 15.4 Å². The van der Waals surface area contributed by atoms with Crippen LogP contribution in [0.4, 0.5) is 0 Å². The number of nitrogens with one attached hydrogen (secondary N) is 2. The third-order valence-electron chi connectivity index (χ3n) is 2.87. The summed E-state index contributed by atoms with van der Waals surface area (Å²) in [5.41, 5.74) is 0. The minimum absolute atomic E-state index is 0.634. The zero-order valence-electron chi connectivity index (χ0n) is 10.8. The molecule has 0 radical (unpaired) electrons. The first-order valence-corrected chi connectivity index (χ1v) is 6.32. The maximum atomic E-state index is 5.28. The second-order valence-corrected chi connectivity index (χ2v) is 4.37. The summed E-state index contributed by atoms with van der Waals surface area (Å²) in [7, 11) is 1.82. The number of guanidine groups is 1. The molecule has 2 unspecified atom stereocenters. The van der Waals surface area contributed by atoms with Crippen LogP contribution in [0.2, 0.25) is 0 Å². The molecule has 16 heavy (non-hydrogen) atoms. The quantitative estimate of drug-likeness (QED) is 0.392. The first kappa shape index (κ1) is 13.3. The highest BCUT2D eigenvalue weighted by atomic mass is 16.5. The molecule has 4 nitrogen and oxygen atoms in total. The summed E-state index contributed by atoms with van der Waals surface area (Å²) >= 11 is 0. The standard InChI is InChI=1S/C12H25N3O/c1-4-16-8-6-5-7-14-12(13-3)15-11-9-10(11)2/h10-11H,4-9H2,1-3H3,(H2,13,14,15). The molecule has 0 amide bonds. The van der Waals surface area contributed by atoms with Crippen molar-refractivity contribution in [1.82, 2.24) is 10.6 Å². The lowest BCUT2D eigenvalue weighted by Gasteiger charge is -2.11. The number of unbranched alkanes of at least 4 members (excludes halogenated alkanes) is 1. The normalized spacial score (nSPS) is 24.3. The van der Waals surface area contributed by atoms with Crippen molar-refractivity contribution < 1.29 is 4.74 Å². The number of hydrogen-bond donors (Lipinski definition) is 2. The van der Waals surface area contributed by atoms with Crippen LogP contribution in [0.1, 0.15) is 33.1 Å². The van der Waals surface area contributed by atoms with E-state index in [0.29, 0.717) is 6.04 Å². The SMILES string of the molecule is CCOCCCCNC(=NC)NC1CC1C. The topological polar surface area (TPSA) is 45.6 Å². The molecule has 1 fully saturated rings. The molecular formula is C12H25N3O. The molecule has 2 atom stereocenters. The zero-order valence-corrected chi connectivity index (χ0v) is 10.8. The van der Waals surface area contributed by atoms with Gasteiger partial charge >= 0.3 is 0 Å². The maximum absolute atomic E-state index is 5.28. The Bertz CT molecular complexity index is 218. The molecule has 0 heterocycles. The van der Waals surface area contributed by atoms with E-state index in [0.717, 1.165) is 44.5 Å². The van der Waals surface area contributed by atoms with E-state index in [1.807, 2.05) is 14.0 Å². The zero-order chi connectivity index (χ0) is 11.8. The number of aliphatic imine (C=N–C) groups is 1. The van der Waals surface area contributed by atoms with E-state index in [2.05, 4.69) is 22.5 Å². The summed E-state index contributed by atoms with van der Waals surface area (Å²) in [5, 5.41) is 6.72. The van der Waals surface area contributed by atoms with Gasteiger partial charge in [0.25, 0.3) is 0 Å². The molecule has 0 spiro atoms. The lowest BCUT2D eigenvalue weighted by atomic mass is 10.3. The van der Waals surface area contributed by atoms with Crippen LogP contribution in [-0.4, -0.2) is 38.8 Å². The first-order chi connectivity index (χ1) is 7.77. The molecule has 2 N–H and O–H groups in total. The largest absolute Gasteiger partial charge is 0.382 e. The van der Waals surface area contributed by atoms with Crippen molar-refractivity contribution >= 4 is 5.96 Å². The number of nitrogens with zero attached hydrogens (tertiary/aromatic N) is 1. The fourth-order valence-corrected chi connectivity index (χ4v) is 1.57. The van der Waals surface area contributed by atoms with Crippen LogP contribution in [0.25, 0.3) is 0 Å². The van der Waals surface area contributed by atoms with Gasteiger partial charge in [-0.25, -0.2) is 0 Å². The highest BCUT2D eigenvalue weighted by molar-refractivity contribution is 5.80. The molecule has 0 bridgehead atoms. The van der Waals surface area contributed by atoms with E-state index in [4.69, 9.17) is 4.74 Å². The van der Waals surface area contributed by atoms with E-state index in [9.17, 15) is 0 Å². The van der Waals surface area contributed by atoms with E-state index in [-0.39, 0.29) is 0 Å². The van der Waals surface area contributed by atoms with Crippen molar-refractivity contribution in [2.45, 2.75) is 39.2 Å². The molecule has 0 aliphatic heterocycles. The molecule has 0 aromatic heterocycles. The van der Waals surface area contributed by atoms with Crippen LogP contribution in [0.5, 0.6) is 0 Å². The van der Waals surface area contributed by atoms with Crippen LogP contribution in [-0.2, 0) is 4.74 Å². The Morgan fingerprint density at radius 2 is 2.19 bits per heavy atom. The van der Waals surface area contributed by atoms with Gasteiger partial charge in [0.1, 0.15) is 0 Å². The van der Waals surface area contributed by atoms with Crippen LogP contribution in [0.15, 0.2) is 4.99 Å². The van der Waals surface area contributed by atoms with E-state index in [1.165, 1.54) is 6.42 Å². The van der Waals surface area contributed by atoms with Gasteiger partial charge in [0, 0.05) is 32.8 Å². The smallest absolute Gasteiger partial charge is 0.191 e. The van der Waals surface area contributed by atoms with Crippen LogP contribution in [0.3, 0.4) is 0 Å². The number of ether oxygens (including phenoxy) is 1. The Morgan fingerprint density at radius 3 is 2.75 bits per heavy atom. The van der Waals surface area contributed by atoms with Crippen molar-refractivity contribution in [2.75, 3.05) is 26.8 Å². The van der Waals surface area contributed by atoms with Crippen LogP contribution < -0.4 is 10.6 Å². The fraction of sp³-hybridized carbons (Fsp3) is 0.917. The Hall–Kier alpha value is -0.770. The van der Waals surface area contributed by atoms with Gasteiger partial charge in [-0.05, 0) is 32.1 Å². The first-order valence-electron chi connectivity index (χ1n) is 6.32. The second kappa shape index (κ2) is 7.49. The molecular weight excluding hydrogens is 202 g/mol. The van der Waals surface area contributed by atoms with Crippen molar-refractivity contribution in [3.63, 3.8) is 0 Å². The van der Waals surface area contributed by atoms with E-state index in [1.54, 1.807) is 0 Å². The number of hydrogen-bond acceptors (Lipinski definition) is 2. The van der Waals surface area contributed by atoms with Crippen molar-refractivity contribution in [2.24, 2.45) is 10.9 Å². The molecule has 1 rings (SSSR count). The van der Waals surface area contributed by atoms with Crippen molar-refractivity contribution in [3.05, 3.63) is 0 Å². The van der Waals surface area contributed by atoms with Crippen molar-refractivity contribution in [3.8, 4) is 0 Å². The maximum Gasteiger partial charge on any atom is 0.191 e. The van der Waals surface area contributed by atoms with Gasteiger partial charge in [0.15, 0.2) is 5.96 Å². The second-order valence-electron chi connectivity index (χ2n) is 4.37. The van der Waals surface area contributed by atoms with Gasteiger partial charge in [0.05, 0.1) is 0 Å². The van der Waals surface area contributed by atoms with E-state index < -0.39 is 0 Å². The Labute approximate surface area is 98.9 Å². The Morgan fingerprint density at radius 1 is 1.44 bits per heavy atom. The monoisotopic (exact) mass is 227 g/mol. The summed E-state index contributed by atoms with van der Waals surface area (Å²) in [4.78, 5) is 4.20. The fourth-order valence-electron chi connectivity index (χ4n) is 1.57. The van der Waals surface area contributed by atoms with E-state index >= 15 is 0 Å². The molecule has 1 aliphatic rings. The lowest BCUT2D eigenvalue weighted by Crippen LogP contribution is -2.39. The molecule has 0 aromatic carbocycles. The Kier molecular flexibility index (Phi) is 6.23. The minimum atomic E-state index is 0.634. The Balaban J connectivity index is 1.97. The number of rotatable bonds is 7. The third kappa shape index (κ3) is 5.35. The van der Waals surface area contributed by atoms with Gasteiger partial charge in [0.2, 0.25) is 0 Å². The highest BCUT2D eigenvalue weighted by Gasteiger charge is 2.32. The average molecular weight is 227 g/mol.